The molecule has 0 unspecified atom stereocenters. The number of anilines is 1. The highest BCUT2D eigenvalue weighted by Crippen LogP contribution is 2.30. The molecule has 1 aliphatic rings. The molecule has 0 spiro atoms. The Morgan fingerprint density at radius 1 is 0.853 bits per heavy atom. The molecule has 0 bridgehead atoms. The number of rotatable bonds is 7. The highest BCUT2D eigenvalue weighted by atomic mass is 16.5. The molecule has 0 aromatic heterocycles. The molecular formula is C26H22N2O6. The Bertz CT molecular complexity index is 1250. The van der Waals surface area contributed by atoms with Crippen molar-refractivity contribution in [2.75, 3.05) is 19.1 Å². The van der Waals surface area contributed by atoms with Gasteiger partial charge < -0.3 is 14.2 Å². The number of urea groups is 1. The predicted octanol–water partition coefficient (Wildman–Crippen LogP) is 3.95. The van der Waals surface area contributed by atoms with Gasteiger partial charge in [0.15, 0.2) is 11.5 Å². The number of nitrogens with zero attached hydrogens (tertiary/aromatic N) is 1. The normalized spacial score (nSPS) is 14.7. The Hall–Kier alpha value is -4.59. The van der Waals surface area contributed by atoms with E-state index in [0.29, 0.717) is 35.1 Å². The quantitative estimate of drug-likeness (QED) is 0.426. The second-order valence-electron chi connectivity index (χ2n) is 7.34. The third-order valence-corrected chi connectivity index (χ3v) is 5.17. The Morgan fingerprint density at radius 3 is 2.26 bits per heavy atom. The zero-order chi connectivity index (χ0) is 24.1. The summed E-state index contributed by atoms with van der Waals surface area (Å²) in [6.07, 6.45) is 1.41. The number of hydrogen-bond acceptors (Lipinski definition) is 6. The van der Waals surface area contributed by atoms with Crippen LogP contribution in [-0.4, -0.2) is 32.1 Å². The molecule has 34 heavy (non-hydrogen) atoms. The van der Waals surface area contributed by atoms with Crippen molar-refractivity contribution in [2.24, 2.45) is 0 Å². The maximum atomic E-state index is 13.1. The fraction of sp³-hybridized carbons (Fsp3) is 0.115. The second-order valence-corrected chi connectivity index (χ2v) is 7.34. The SMILES string of the molecule is COc1ccc(N2C(=O)NC(=O)C(=Cc3ccc(OCc4ccccc4)c(OC)c3)C2=O)cc1. The summed E-state index contributed by atoms with van der Waals surface area (Å²) < 4.78 is 16.4. The van der Waals surface area contributed by atoms with Crippen LogP contribution in [0.4, 0.5) is 10.5 Å². The molecule has 4 rings (SSSR count). The zero-order valence-corrected chi connectivity index (χ0v) is 18.6. The average molecular weight is 458 g/mol. The van der Waals surface area contributed by atoms with Gasteiger partial charge in [-0.2, -0.15) is 0 Å². The fourth-order valence-electron chi connectivity index (χ4n) is 3.42. The lowest BCUT2D eigenvalue weighted by Gasteiger charge is -2.26. The molecule has 8 nitrogen and oxygen atoms in total. The Morgan fingerprint density at radius 2 is 1.59 bits per heavy atom. The number of barbiturate groups is 1. The molecule has 3 aromatic rings. The lowest BCUT2D eigenvalue weighted by molar-refractivity contribution is -0.122. The first-order valence-electron chi connectivity index (χ1n) is 10.4. The van der Waals surface area contributed by atoms with Gasteiger partial charge in [-0.15, -0.1) is 0 Å². The summed E-state index contributed by atoms with van der Waals surface area (Å²) in [6.45, 7) is 0.359. The third kappa shape index (κ3) is 4.75. The van der Waals surface area contributed by atoms with Gasteiger partial charge in [0, 0.05) is 0 Å². The number of hydrogen-bond donors (Lipinski definition) is 1. The molecule has 8 heteroatoms. The molecule has 3 aromatic carbocycles. The largest absolute Gasteiger partial charge is 0.497 e. The van der Waals surface area contributed by atoms with Gasteiger partial charge in [0.2, 0.25) is 0 Å². The standard InChI is InChI=1S/C26H22N2O6/c1-32-20-11-9-19(10-12-20)28-25(30)21(24(29)27-26(28)31)14-18-8-13-22(23(15-18)33-2)34-16-17-6-4-3-5-7-17/h3-15H,16H2,1-2H3,(H,27,29,31). The fourth-order valence-corrected chi connectivity index (χ4v) is 3.42. The van der Waals surface area contributed by atoms with E-state index in [1.807, 2.05) is 30.3 Å². The Balaban J connectivity index is 1.59. The highest BCUT2D eigenvalue weighted by molar-refractivity contribution is 6.39. The number of carbonyl (C=O) groups is 3. The molecule has 4 amide bonds. The van der Waals surface area contributed by atoms with Gasteiger partial charge in [-0.05, 0) is 53.6 Å². The molecule has 0 saturated carbocycles. The number of amides is 4. The van der Waals surface area contributed by atoms with Crippen molar-refractivity contribution in [3.8, 4) is 17.2 Å². The number of ether oxygens (including phenoxy) is 3. The van der Waals surface area contributed by atoms with E-state index in [0.717, 1.165) is 10.5 Å². The minimum Gasteiger partial charge on any atom is -0.497 e. The number of nitrogens with one attached hydrogen (secondary N) is 1. The molecule has 1 aliphatic heterocycles. The van der Waals surface area contributed by atoms with Crippen LogP contribution in [0.3, 0.4) is 0 Å². The number of methoxy groups -OCH3 is 2. The topological polar surface area (TPSA) is 94.2 Å². The van der Waals surface area contributed by atoms with E-state index in [1.165, 1.54) is 20.3 Å². The van der Waals surface area contributed by atoms with E-state index in [9.17, 15) is 14.4 Å². The van der Waals surface area contributed by atoms with Crippen molar-refractivity contribution in [3.63, 3.8) is 0 Å². The molecule has 1 heterocycles. The summed E-state index contributed by atoms with van der Waals surface area (Å²) in [7, 11) is 3.02. The van der Waals surface area contributed by atoms with Crippen LogP contribution >= 0.6 is 0 Å². The van der Waals surface area contributed by atoms with Crippen LogP contribution in [0.25, 0.3) is 6.08 Å². The van der Waals surface area contributed by atoms with Crippen LogP contribution in [0.2, 0.25) is 0 Å². The van der Waals surface area contributed by atoms with Gasteiger partial charge in [0.1, 0.15) is 17.9 Å². The van der Waals surface area contributed by atoms with Crippen LogP contribution in [0.15, 0.2) is 78.4 Å². The molecule has 0 radical (unpaired) electrons. The van der Waals surface area contributed by atoms with Crippen LogP contribution in [0.5, 0.6) is 17.2 Å². The van der Waals surface area contributed by atoms with Crippen molar-refractivity contribution in [1.29, 1.82) is 0 Å². The highest BCUT2D eigenvalue weighted by Gasteiger charge is 2.36. The van der Waals surface area contributed by atoms with E-state index >= 15 is 0 Å². The second kappa shape index (κ2) is 9.91. The number of imide groups is 2. The van der Waals surface area contributed by atoms with Crippen molar-refractivity contribution < 1.29 is 28.6 Å². The summed E-state index contributed by atoms with van der Waals surface area (Å²) in [5.41, 5.74) is 1.66. The minimum atomic E-state index is -0.820. The van der Waals surface area contributed by atoms with E-state index in [1.54, 1.807) is 42.5 Å². The molecule has 1 saturated heterocycles. The first-order valence-corrected chi connectivity index (χ1v) is 10.4. The predicted molar refractivity (Wildman–Crippen MR) is 126 cm³/mol. The van der Waals surface area contributed by atoms with E-state index in [-0.39, 0.29) is 5.57 Å². The van der Waals surface area contributed by atoms with Crippen LogP contribution in [0.1, 0.15) is 11.1 Å². The number of benzene rings is 3. The lowest BCUT2D eigenvalue weighted by Crippen LogP contribution is -2.54. The zero-order valence-electron chi connectivity index (χ0n) is 18.6. The molecule has 1 fully saturated rings. The summed E-state index contributed by atoms with van der Waals surface area (Å²) >= 11 is 0. The summed E-state index contributed by atoms with van der Waals surface area (Å²) in [5.74, 6) is 0.0209. The van der Waals surface area contributed by atoms with Crippen LogP contribution in [-0.2, 0) is 16.2 Å². The Kier molecular flexibility index (Phi) is 6.59. The van der Waals surface area contributed by atoms with Crippen molar-refractivity contribution in [3.05, 3.63) is 89.5 Å². The van der Waals surface area contributed by atoms with E-state index in [4.69, 9.17) is 14.2 Å². The smallest absolute Gasteiger partial charge is 0.335 e. The van der Waals surface area contributed by atoms with Crippen molar-refractivity contribution in [2.45, 2.75) is 6.61 Å². The molecule has 0 aliphatic carbocycles. The number of carbonyl (C=O) groups excluding carboxylic acids is 3. The summed E-state index contributed by atoms with van der Waals surface area (Å²) in [5, 5.41) is 2.21. The molecule has 0 atom stereocenters. The van der Waals surface area contributed by atoms with Gasteiger partial charge in [-0.1, -0.05) is 36.4 Å². The summed E-state index contributed by atoms with van der Waals surface area (Å²) in [6, 6.07) is 20.3. The minimum absolute atomic E-state index is 0.185. The summed E-state index contributed by atoms with van der Waals surface area (Å²) in [4.78, 5) is 38.8. The van der Waals surface area contributed by atoms with Crippen LogP contribution < -0.4 is 24.4 Å². The van der Waals surface area contributed by atoms with Gasteiger partial charge in [0.05, 0.1) is 19.9 Å². The maximum Gasteiger partial charge on any atom is 0.335 e. The molecule has 172 valence electrons. The van der Waals surface area contributed by atoms with Gasteiger partial charge >= 0.3 is 6.03 Å². The first-order chi connectivity index (χ1) is 16.5. The first kappa shape index (κ1) is 22.6. The van der Waals surface area contributed by atoms with Crippen molar-refractivity contribution >= 4 is 29.6 Å². The van der Waals surface area contributed by atoms with Crippen LogP contribution in [0, 0.1) is 0 Å². The maximum absolute atomic E-state index is 13.1. The molecule has 1 N–H and O–H groups in total. The van der Waals surface area contributed by atoms with Crippen molar-refractivity contribution in [1.82, 2.24) is 5.32 Å². The molecular weight excluding hydrogens is 436 g/mol. The third-order valence-electron chi connectivity index (χ3n) is 5.17. The van der Waals surface area contributed by atoms with Gasteiger partial charge in [-0.3, -0.25) is 14.9 Å². The van der Waals surface area contributed by atoms with E-state index in [2.05, 4.69) is 5.32 Å². The Labute approximate surface area is 196 Å². The van der Waals surface area contributed by atoms with Gasteiger partial charge in [0.25, 0.3) is 11.8 Å². The monoisotopic (exact) mass is 458 g/mol. The van der Waals surface area contributed by atoms with Gasteiger partial charge in [-0.25, -0.2) is 9.69 Å². The lowest BCUT2D eigenvalue weighted by atomic mass is 10.1. The average Bonchev–Trinajstić information content (AvgIpc) is 2.86. The van der Waals surface area contributed by atoms with E-state index < -0.39 is 17.8 Å².